The van der Waals surface area contributed by atoms with Crippen molar-refractivity contribution in [2.24, 2.45) is 0 Å². The van der Waals surface area contributed by atoms with Crippen LogP contribution in [-0.2, 0) is 4.74 Å². The quantitative estimate of drug-likeness (QED) is 0.605. The Morgan fingerprint density at radius 2 is 2.06 bits per heavy atom. The van der Waals surface area contributed by atoms with Crippen LogP contribution in [0.2, 0.25) is 0 Å². The lowest BCUT2D eigenvalue weighted by atomic mass is 10.1. The summed E-state index contributed by atoms with van der Waals surface area (Å²) in [5, 5.41) is 18.3. The van der Waals surface area contributed by atoms with E-state index in [1.54, 1.807) is 0 Å². The minimum atomic E-state index is -1.36. The van der Waals surface area contributed by atoms with E-state index in [1.165, 1.54) is 18.2 Å². The lowest BCUT2D eigenvalue weighted by Crippen LogP contribution is -2.12. The molecule has 5 nitrogen and oxygen atoms in total. The van der Waals surface area contributed by atoms with Crippen molar-refractivity contribution in [3.05, 3.63) is 29.3 Å². The number of esters is 1. The molecule has 0 atom stereocenters. The number of aromatic hydroxyl groups is 1. The molecule has 0 saturated carbocycles. The van der Waals surface area contributed by atoms with E-state index in [1.807, 2.05) is 6.92 Å². The van der Waals surface area contributed by atoms with E-state index in [4.69, 9.17) is 9.84 Å². The number of unbranched alkanes of at least 4 members (excludes halogenated alkanes) is 1. The second-order valence-electron chi connectivity index (χ2n) is 3.49. The van der Waals surface area contributed by atoms with Gasteiger partial charge >= 0.3 is 11.9 Å². The van der Waals surface area contributed by atoms with Crippen molar-refractivity contribution in [2.75, 3.05) is 6.61 Å². The molecule has 0 bridgehead atoms. The highest BCUT2D eigenvalue weighted by atomic mass is 16.5. The first-order valence-electron chi connectivity index (χ1n) is 5.30. The molecular weight excluding hydrogens is 224 g/mol. The molecule has 0 radical (unpaired) electrons. The Balaban J connectivity index is 2.93. The lowest BCUT2D eigenvalue weighted by Gasteiger charge is -2.07. The molecule has 0 aromatic heterocycles. The van der Waals surface area contributed by atoms with Crippen molar-refractivity contribution in [2.45, 2.75) is 19.8 Å². The zero-order valence-electron chi connectivity index (χ0n) is 9.47. The minimum Gasteiger partial charge on any atom is -0.507 e. The van der Waals surface area contributed by atoms with Gasteiger partial charge in [0, 0.05) is 0 Å². The van der Waals surface area contributed by atoms with Gasteiger partial charge in [0.25, 0.3) is 0 Å². The molecule has 0 spiro atoms. The van der Waals surface area contributed by atoms with E-state index < -0.39 is 23.3 Å². The maximum absolute atomic E-state index is 11.6. The molecule has 5 heteroatoms. The number of phenols is 1. The minimum absolute atomic E-state index is 0.131. The summed E-state index contributed by atoms with van der Waals surface area (Å²) in [6, 6.07) is 3.93. The van der Waals surface area contributed by atoms with Gasteiger partial charge in [-0.05, 0) is 18.6 Å². The Labute approximate surface area is 98.6 Å². The fourth-order valence-electron chi connectivity index (χ4n) is 1.32. The van der Waals surface area contributed by atoms with Crippen LogP contribution in [0, 0.1) is 0 Å². The number of carboxylic acids is 1. The molecule has 17 heavy (non-hydrogen) atoms. The predicted molar refractivity (Wildman–Crippen MR) is 60.3 cm³/mol. The number of rotatable bonds is 5. The van der Waals surface area contributed by atoms with Crippen molar-refractivity contribution in [3.8, 4) is 5.75 Å². The van der Waals surface area contributed by atoms with Crippen molar-refractivity contribution in [1.29, 1.82) is 0 Å². The number of hydrogen-bond donors (Lipinski definition) is 2. The highest BCUT2D eigenvalue weighted by Gasteiger charge is 2.21. The van der Waals surface area contributed by atoms with Gasteiger partial charge in [0.05, 0.1) is 12.2 Å². The van der Waals surface area contributed by atoms with E-state index in [0.717, 1.165) is 6.42 Å². The molecule has 0 unspecified atom stereocenters. The Morgan fingerprint density at radius 1 is 1.35 bits per heavy atom. The summed E-state index contributed by atoms with van der Waals surface area (Å²) in [4.78, 5) is 22.5. The molecule has 1 aromatic rings. The summed E-state index contributed by atoms with van der Waals surface area (Å²) >= 11 is 0. The van der Waals surface area contributed by atoms with E-state index in [2.05, 4.69) is 0 Å². The molecule has 0 heterocycles. The van der Waals surface area contributed by atoms with Gasteiger partial charge in [0.1, 0.15) is 11.3 Å². The van der Waals surface area contributed by atoms with Crippen LogP contribution in [0.5, 0.6) is 5.75 Å². The fraction of sp³-hybridized carbons (Fsp3) is 0.333. The van der Waals surface area contributed by atoms with Crippen LogP contribution < -0.4 is 0 Å². The van der Waals surface area contributed by atoms with Gasteiger partial charge in [-0.3, -0.25) is 0 Å². The first-order valence-corrected chi connectivity index (χ1v) is 5.30. The average molecular weight is 238 g/mol. The molecule has 0 saturated heterocycles. The van der Waals surface area contributed by atoms with E-state index in [0.29, 0.717) is 6.42 Å². The highest BCUT2D eigenvalue weighted by molar-refractivity contribution is 6.04. The summed E-state index contributed by atoms with van der Waals surface area (Å²) in [6.07, 6.45) is 1.59. The third kappa shape index (κ3) is 3.21. The van der Waals surface area contributed by atoms with Crippen LogP contribution in [0.15, 0.2) is 18.2 Å². The summed E-state index contributed by atoms with van der Waals surface area (Å²) in [7, 11) is 0. The lowest BCUT2D eigenvalue weighted by molar-refractivity contribution is 0.0488. The highest BCUT2D eigenvalue weighted by Crippen LogP contribution is 2.21. The second kappa shape index (κ2) is 5.89. The second-order valence-corrected chi connectivity index (χ2v) is 3.49. The van der Waals surface area contributed by atoms with Gasteiger partial charge in [-0.15, -0.1) is 0 Å². The molecule has 1 rings (SSSR count). The van der Waals surface area contributed by atoms with Crippen LogP contribution in [0.1, 0.15) is 40.5 Å². The predicted octanol–water partition coefficient (Wildman–Crippen LogP) is 2.05. The summed E-state index contributed by atoms with van der Waals surface area (Å²) < 4.78 is 4.90. The molecule has 2 N–H and O–H groups in total. The zero-order chi connectivity index (χ0) is 12.8. The maximum atomic E-state index is 11.6. The molecule has 0 aliphatic rings. The van der Waals surface area contributed by atoms with Gasteiger partial charge in [-0.2, -0.15) is 0 Å². The standard InChI is InChI=1S/C12H14O5/c1-2-3-7-17-12(16)8-5-4-6-9(13)10(8)11(14)15/h4-6,13H,2-3,7H2,1H3,(H,14,15). The first kappa shape index (κ1) is 13.0. The molecule has 0 aliphatic heterocycles. The van der Waals surface area contributed by atoms with E-state index >= 15 is 0 Å². The van der Waals surface area contributed by atoms with E-state index in [-0.39, 0.29) is 12.2 Å². The van der Waals surface area contributed by atoms with Crippen molar-refractivity contribution in [3.63, 3.8) is 0 Å². The third-order valence-corrected chi connectivity index (χ3v) is 2.21. The van der Waals surface area contributed by atoms with Crippen LogP contribution >= 0.6 is 0 Å². The Kier molecular flexibility index (Phi) is 4.51. The Hall–Kier alpha value is -2.04. The normalized spacial score (nSPS) is 9.94. The average Bonchev–Trinajstić information content (AvgIpc) is 2.28. The van der Waals surface area contributed by atoms with Gasteiger partial charge < -0.3 is 14.9 Å². The largest absolute Gasteiger partial charge is 0.507 e. The van der Waals surface area contributed by atoms with Gasteiger partial charge in [0.2, 0.25) is 0 Å². The van der Waals surface area contributed by atoms with Gasteiger partial charge in [-0.25, -0.2) is 9.59 Å². The molecule has 0 fully saturated rings. The van der Waals surface area contributed by atoms with Crippen molar-refractivity contribution in [1.82, 2.24) is 0 Å². The third-order valence-electron chi connectivity index (χ3n) is 2.21. The number of carboxylic acid groups (broad SMARTS) is 1. The molecular formula is C12H14O5. The number of aromatic carboxylic acids is 1. The Morgan fingerprint density at radius 3 is 2.65 bits per heavy atom. The Bertz CT molecular complexity index is 425. The molecule has 1 aromatic carbocycles. The maximum Gasteiger partial charge on any atom is 0.340 e. The van der Waals surface area contributed by atoms with Crippen LogP contribution in [-0.4, -0.2) is 28.8 Å². The summed E-state index contributed by atoms with van der Waals surface area (Å²) in [5.74, 6) is -2.53. The van der Waals surface area contributed by atoms with Crippen LogP contribution in [0.25, 0.3) is 0 Å². The number of benzene rings is 1. The summed E-state index contributed by atoms with van der Waals surface area (Å²) in [6.45, 7) is 2.19. The number of carbonyl (C=O) groups excluding carboxylic acids is 1. The fourth-order valence-corrected chi connectivity index (χ4v) is 1.32. The zero-order valence-corrected chi connectivity index (χ0v) is 9.47. The van der Waals surface area contributed by atoms with Gasteiger partial charge in [-0.1, -0.05) is 19.4 Å². The molecule has 0 amide bonds. The SMILES string of the molecule is CCCCOC(=O)c1cccc(O)c1C(=O)O. The number of hydrogen-bond acceptors (Lipinski definition) is 4. The monoisotopic (exact) mass is 238 g/mol. The van der Waals surface area contributed by atoms with Gasteiger partial charge in [0.15, 0.2) is 0 Å². The van der Waals surface area contributed by atoms with E-state index in [9.17, 15) is 14.7 Å². The number of carbonyl (C=O) groups is 2. The van der Waals surface area contributed by atoms with Crippen molar-refractivity contribution < 1.29 is 24.5 Å². The smallest absolute Gasteiger partial charge is 0.340 e. The van der Waals surface area contributed by atoms with Crippen LogP contribution in [0.3, 0.4) is 0 Å². The van der Waals surface area contributed by atoms with Crippen molar-refractivity contribution >= 4 is 11.9 Å². The summed E-state index contributed by atoms with van der Waals surface area (Å²) in [5.41, 5.74) is -0.553. The molecule has 92 valence electrons. The van der Waals surface area contributed by atoms with Crippen LogP contribution in [0.4, 0.5) is 0 Å². The first-order chi connectivity index (χ1) is 8.07. The topological polar surface area (TPSA) is 83.8 Å². The molecule has 0 aliphatic carbocycles. The number of ether oxygens (including phenoxy) is 1.